The Hall–Kier alpha value is -1.88. The van der Waals surface area contributed by atoms with Crippen LogP contribution in [-0.4, -0.2) is 30.2 Å². The number of carboxylic acid groups (broad SMARTS) is 1. The second-order valence-corrected chi connectivity index (χ2v) is 4.86. The maximum Gasteiger partial charge on any atom is 0.337 e. The number of hydrogen-bond donors (Lipinski definition) is 2. The van der Waals surface area contributed by atoms with Crippen LogP contribution in [-0.2, 0) is 9.53 Å². The van der Waals surface area contributed by atoms with Crippen LogP contribution in [0.5, 0.6) is 0 Å². The molecule has 1 aromatic rings. The third-order valence-corrected chi connectivity index (χ3v) is 3.26. The SMILES string of the molecule is Cc1cc(C)c(NC(=O)C2CCOC2)c(C(=O)O)c1. The van der Waals surface area contributed by atoms with Crippen LogP contribution in [0.2, 0.25) is 0 Å². The number of nitrogens with one attached hydrogen (secondary N) is 1. The number of anilines is 1. The van der Waals surface area contributed by atoms with Gasteiger partial charge in [-0.15, -0.1) is 0 Å². The van der Waals surface area contributed by atoms with Gasteiger partial charge in [0, 0.05) is 6.61 Å². The Balaban J connectivity index is 2.28. The van der Waals surface area contributed by atoms with E-state index in [0.717, 1.165) is 11.1 Å². The van der Waals surface area contributed by atoms with Crippen LogP contribution in [0.1, 0.15) is 27.9 Å². The summed E-state index contributed by atoms with van der Waals surface area (Å²) in [4.78, 5) is 23.3. The van der Waals surface area contributed by atoms with Crippen LogP contribution in [0.3, 0.4) is 0 Å². The number of ether oxygens (including phenoxy) is 1. The highest BCUT2D eigenvalue weighted by molar-refractivity contribution is 6.02. The second kappa shape index (κ2) is 5.40. The molecule has 0 saturated carbocycles. The van der Waals surface area contributed by atoms with Crippen LogP contribution in [0.15, 0.2) is 12.1 Å². The molecule has 1 aromatic carbocycles. The molecule has 19 heavy (non-hydrogen) atoms. The number of aryl methyl sites for hydroxylation is 2. The van der Waals surface area contributed by atoms with Gasteiger partial charge in [0.15, 0.2) is 0 Å². The fourth-order valence-electron chi connectivity index (χ4n) is 2.27. The molecule has 0 radical (unpaired) electrons. The van der Waals surface area contributed by atoms with Gasteiger partial charge in [-0.3, -0.25) is 4.79 Å². The minimum atomic E-state index is -1.04. The predicted octanol–water partition coefficient (Wildman–Crippen LogP) is 1.98. The van der Waals surface area contributed by atoms with E-state index in [0.29, 0.717) is 25.3 Å². The molecule has 102 valence electrons. The molecule has 5 heteroatoms. The molecule has 0 bridgehead atoms. The van der Waals surface area contributed by atoms with Crippen molar-refractivity contribution in [1.82, 2.24) is 0 Å². The first kappa shape index (κ1) is 13.5. The summed E-state index contributed by atoms with van der Waals surface area (Å²) in [6.45, 7) is 4.60. The first-order chi connectivity index (χ1) is 8.99. The van der Waals surface area contributed by atoms with Gasteiger partial charge in [0.25, 0.3) is 0 Å². The summed E-state index contributed by atoms with van der Waals surface area (Å²) >= 11 is 0. The van der Waals surface area contributed by atoms with Gasteiger partial charge in [-0.25, -0.2) is 4.79 Å². The van der Waals surface area contributed by atoms with Gasteiger partial charge in [0.05, 0.1) is 23.8 Å². The lowest BCUT2D eigenvalue weighted by Gasteiger charge is -2.15. The van der Waals surface area contributed by atoms with Crippen molar-refractivity contribution in [3.8, 4) is 0 Å². The molecule has 0 aliphatic carbocycles. The molecule has 1 atom stereocenters. The lowest BCUT2D eigenvalue weighted by atomic mass is 10.0. The molecule has 1 heterocycles. The van der Waals surface area contributed by atoms with Crippen molar-refractivity contribution in [3.05, 3.63) is 28.8 Å². The third-order valence-electron chi connectivity index (χ3n) is 3.26. The third kappa shape index (κ3) is 2.93. The molecule has 0 aromatic heterocycles. The number of rotatable bonds is 3. The van der Waals surface area contributed by atoms with Crippen molar-refractivity contribution in [2.24, 2.45) is 5.92 Å². The van der Waals surface area contributed by atoms with Crippen molar-refractivity contribution in [3.63, 3.8) is 0 Å². The standard InChI is InChI=1S/C14H17NO4/c1-8-5-9(2)12(11(6-8)14(17)18)15-13(16)10-3-4-19-7-10/h5-6,10H,3-4,7H2,1-2H3,(H,15,16)(H,17,18). The number of carboxylic acids is 1. The maximum atomic E-state index is 12.0. The molecule has 1 saturated heterocycles. The van der Waals surface area contributed by atoms with Crippen LogP contribution in [0.25, 0.3) is 0 Å². The number of carbonyl (C=O) groups excluding carboxylic acids is 1. The normalized spacial score (nSPS) is 18.3. The number of hydrogen-bond acceptors (Lipinski definition) is 3. The van der Waals surface area contributed by atoms with Gasteiger partial charge in [-0.2, -0.15) is 0 Å². The molecular weight excluding hydrogens is 246 g/mol. The summed E-state index contributed by atoms with van der Waals surface area (Å²) < 4.78 is 5.17. The molecule has 0 spiro atoms. The molecular formula is C14H17NO4. The first-order valence-electron chi connectivity index (χ1n) is 6.22. The van der Waals surface area contributed by atoms with Crippen LogP contribution in [0, 0.1) is 19.8 Å². The minimum Gasteiger partial charge on any atom is -0.478 e. The van der Waals surface area contributed by atoms with E-state index in [2.05, 4.69) is 5.32 Å². The molecule has 5 nitrogen and oxygen atoms in total. The Bertz CT molecular complexity index is 518. The Labute approximate surface area is 111 Å². The van der Waals surface area contributed by atoms with E-state index in [1.807, 2.05) is 13.0 Å². The lowest BCUT2D eigenvalue weighted by Crippen LogP contribution is -2.24. The van der Waals surface area contributed by atoms with Gasteiger partial charge >= 0.3 is 5.97 Å². The Morgan fingerprint density at radius 1 is 1.37 bits per heavy atom. The predicted molar refractivity (Wildman–Crippen MR) is 70.4 cm³/mol. The zero-order valence-electron chi connectivity index (χ0n) is 11.0. The van der Waals surface area contributed by atoms with Gasteiger partial charge in [-0.1, -0.05) is 6.07 Å². The molecule has 2 rings (SSSR count). The highest BCUT2D eigenvalue weighted by Gasteiger charge is 2.25. The van der Waals surface area contributed by atoms with E-state index in [1.54, 1.807) is 13.0 Å². The molecule has 1 amide bonds. The average molecular weight is 263 g/mol. The highest BCUT2D eigenvalue weighted by atomic mass is 16.5. The van der Waals surface area contributed by atoms with E-state index in [-0.39, 0.29) is 17.4 Å². The maximum absolute atomic E-state index is 12.0. The number of benzene rings is 1. The van der Waals surface area contributed by atoms with E-state index in [1.165, 1.54) is 0 Å². The fourth-order valence-corrected chi connectivity index (χ4v) is 2.27. The minimum absolute atomic E-state index is 0.129. The monoisotopic (exact) mass is 263 g/mol. The van der Waals surface area contributed by atoms with E-state index in [9.17, 15) is 14.7 Å². The fraction of sp³-hybridized carbons (Fsp3) is 0.429. The Morgan fingerprint density at radius 2 is 2.11 bits per heavy atom. The van der Waals surface area contributed by atoms with Crippen LogP contribution < -0.4 is 5.32 Å². The van der Waals surface area contributed by atoms with Gasteiger partial charge in [0.2, 0.25) is 5.91 Å². The number of aromatic carboxylic acids is 1. The topological polar surface area (TPSA) is 75.6 Å². The van der Waals surface area contributed by atoms with Gasteiger partial charge in [0.1, 0.15) is 0 Å². The van der Waals surface area contributed by atoms with Gasteiger partial charge < -0.3 is 15.2 Å². The summed E-state index contributed by atoms with van der Waals surface area (Å²) in [5, 5.41) is 11.9. The molecule has 1 unspecified atom stereocenters. The van der Waals surface area contributed by atoms with Crippen LogP contribution in [0.4, 0.5) is 5.69 Å². The highest BCUT2D eigenvalue weighted by Crippen LogP contribution is 2.24. The Morgan fingerprint density at radius 3 is 2.68 bits per heavy atom. The van der Waals surface area contributed by atoms with Gasteiger partial charge in [-0.05, 0) is 37.5 Å². The summed E-state index contributed by atoms with van der Waals surface area (Å²) in [5.74, 6) is -1.40. The largest absolute Gasteiger partial charge is 0.478 e. The lowest BCUT2D eigenvalue weighted by molar-refractivity contribution is -0.119. The summed E-state index contributed by atoms with van der Waals surface area (Å²) in [5.41, 5.74) is 2.13. The van der Waals surface area contributed by atoms with Crippen molar-refractivity contribution >= 4 is 17.6 Å². The molecule has 1 aliphatic rings. The Kier molecular flexibility index (Phi) is 3.85. The smallest absolute Gasteiger partial charge is 0.337 e. The van der Waals surface area contributed by atoms with Crippen molar-refractivity contribution in [2.45, 2.75) is 20.3 Å². The van der Waals surface area contributed by atoms with Crippen molar-refractivity contribution < 1.29 is 19.4 Å². The van der Waals surface area contributed by atoms with E-state index in [4.69, 9.17) is 4.74 Å². The van der Waals surface area contributed by atoms with Crippen molar-refractivity contribution in [2.75, 3.05) is 18.5 Å². The second-order valence-electron chi connectivity index (χ2n) is 4.86. The summed E-state index contributed by atoms with van der Waals surface area (Å²) in [6, 6.07) is 3.42. The molecule has 1 aliphatic heterocycles. The number of carbonyl (C=O) groups is 2. The van der Waals surface area contributed by atoms with Crippen molar-refractivity contribution in [1.29, 1.82) is 0 Å². The van der Waals surface area contributed by atoms with E-state index < -0.39 is 5.97 Å². The summed E-state index contributed by atoms with van der Waals surface area (Å²) in [7, 11) is 0. The quantitative estimate of drug-likeness (QED) is 0.874. The molecule has 2 N–H and O–H groups in total. The molecule has 1 fully saturated rings. The van der Waals surface area contributed by atoms with Crippen LogP contribution >= 0.6 is 0 Å². The number of amides is 1. The zero-order chi connectivity index (χ0) is 14.0. The summed E-state index contributed by atoms with van der Waals surface area (Å²) in [6.07, 6.45) is 0.680. The zero-order valence-corrected chi connectivity index (χ0v) is 11.0. The average Bonchev–Trinajstić information content (AvgIpc) is 2.85. The first-order valence-corrected chi connectivity index (χ1v) is 6.22. The van der Waals surface area contributed by atoms with E-state index >= 15 is 0 Å².